The molecule has 1 saturated carbocycles. The first-order valence-electron chi connectivity index (χ1n) is 5.73. The lowest BCUT2D eigenvalue weighted by molar-refractivity contribution is 0.345. The maximum Gasteiger partial charge on any atom is 0.0707 e. The van der Waals surface area contributed by atoms with Gasteiger partial charge in [0.15, 0.2) is 0 Å². The van der Waals surface area contributed by atoms with Crippen molar-refractivity contribution < 1.29 is 0 Å². The van der Waals surface area contributed by atoms with Crippen LogP contribution in [0.25, 0.3) is 0 Å². The molecule has 1 rings (SSSR count). The molecule has 1 unspecified atom stereocenters. The highest BCUT2D eigenvalue weighted by molar-refractivity contribution is 5.11. The van der Waals surface area contributed by atoms with Gasteiger partial charge in [0.05, 0.1) is 6.04 Å². The van der Waals surface area contributed by atoms with E-state index in [0.29, 0.717) is 12.0 Å². The number of hydrogen-bond donors (Lipinski definition) is 0. The van der Waals surface area contributed by atoms with E-state index >= 15 is 0 Å². The molecule has 0 spiro atoms. The van der Waals surface area contributed by atoms with Crippen molar-refractivity contribution in [1.29, 1.82) is 0 Å². The van der Waals surface area contributed by atoms with Crippen molar-refractivity contribution in [1.82, 2.24) is 4.90 Å². The summed E-state index contributed by atoms with van der Waals surface area (Å²) in [5.41, 5.74) is 0. The van der Waals surface area contributed by atoms with Gasteiger partial charge in [-0.15, -0.1) is 0 Å². The van der Waals surface area contributed by atoms with Gasteiger partial charge in [-0.1, -0.05) is 18.8 Å². The van der Waals surface area contributed by atoms with Gasteiger partial charge in [-0.2, -0.15) is 0 Å². The predicted octanol–water partition coefficient (Wildman–Crippen LogP) is 2.72. The topological polar surface area (TPSA) is 3.24 Å². The zero-order valence-electron chi connectivity index (χ0n) is 9.71. The zero-order valence-corrected chi connectivity index (χ0v) is 9.71. The van der Waals surface area contributed by atoms with Crippen molar-refractivity contribution >= 4 is 0 Å². The minimum atomic E-state index is 0.445. The van der Waals surface area contributed by atoms with Gasteiger partial charge in [0.1, 0.15) is 0 Å². The Labute approximate surface area is 88.9 Å². The maximum absolute atomic E-state index is 3.44. The average Bonchev–Trinajstić information content (AvgIpc) is 2.20. The molecule has 1 aliphatic rings. The first-order chi connectivity index (χ1) is 6.74. The van der Waals surface area contributed by atoms with Gasteiger partial charge in [-0.25, -0.2) is 0 Å². The van der Waals surface area contributed by atoms with Gasteiger partial charge >= 0.3 is 0 Å². The fourth-order valence-electron chi connectivity index (χ4n) is 1.88. The summed E-state index contributed by atoms with van der Waals surface area (Å²) in [6, 6.07) is 0.445. The standard InChI is InChI=1S/C13H22N/c1-4-13(14(2)3)11-10-12-8-6-5-7-9-12/h5,12-13H,4,6-9H2,1-3H3. The quantitative estimate of drug-likeness (QED) is 0.608. The Hall–Kier alpha value is -0.480. The highest BCUT2D eigenvalue weighted by Gasteiger charge is 2.11. The predicted molar refractivity (Wildman–Crippen MR) is 61.8 cm³/mol. The Morgan fingerprint density at radius 1 is 1.36 bits per heavy atom. The second-order valence-corrected chi connectivity index (χ2v) is 4.32. The second-order valence-electron chi connectivity index (χ2n) is 4.32. The molecule has 0 N–H and O–H groups in total. The third kappa shape index (κ3) is 3.72. The molecule has 0 heterocycles. The lowest BCUT2D eigenvalue weighted by Gasteiger charge is -2.19. The molecule has 1 fully saturated rings. The van der Waals surface area contributed by atoms with Gasteiger partial charge in [0.2, 0.25) is 0 Å². The van der Waals surface area contributed by atoms with Crippen molar-refractivity contribution in [3.05, 3.63) is 6.42 Å². The van der Waals surface area contributed by atoms with Crippen molar-refractivity contribution in [2.24, 2.45) is 5.92 Å². The third-order valence-corrected chi connectivity index (χ3v) is 2.90. The Kier molecular flexibility index (Phi) is 5.04. The Balaban J connectivity index is 2.42. The number of nitrogens with zero attached hydrogens (tertiary/aromatic N) is 1. The summed E-state index contributed by atoms with van der Waals surface area (Å²) < 4.78 is 0. The first kappa shape index (κ1) is 11.6. The normalized spacial score (nSPS) is 20.3. The number of rotatable bonds is 2. The van der Waals surface area contributed by atoms with Gasteiger partial charge in [-0.05, 0) is 52.6 Å². The van der Waals surface area contributed by atoms with Crippen LogP contribution in [-0.4, -0.2) is 25.0 Å². The molecular formula is C13H22N. The fraction of sp³-hybridized carbons (Fsp3) is 0.769. The highest BCUT2D eigenvalue weighted by atomic mass is 15.1. The molecule has 1 nitrogen and oxygen atoms in total. The molecule has 1 radical (unpaired) electrons. The van der Waals surface area contributed by atoms with Crippen LogP contribution in [0.3, 0.4) is 0 Å². The molecule has 1 aliphatic carbocycles. The van der Waals surface area contributed by atoms with E-state index in [4.69, 9.17) is 0 Å². The Bertz CT molecular complexity index is 203. The van der Waals surface area contributed by atoms with E-state index < -0.39 is 0 Å². The van der Waals surface area contributed by atoms with E-state index in [9.17, 15) is 0 Å². The van der Waals surface area contributed by atoms with Crippen LogP contribution in [0.5, 0.6) is 0 Å². The highest BCUT2D eigenvalue weighted by Crippen LogP contribution is 2.21. The molecule has 79 valence electrons. The second kappa shape index (κ2) is 6.09. The molecule has 0 bridgehead atoms. The van der Waals surface area contributed by atoms with Crippen LogP contribution in [0.1, 0.15) is 39.0 Å². The average molecular weight is 192 g/mol. The smallest absolute Gasteiger partial charge is 0.0707 e. The Morgan fingerprint density at radius 3 is 2.50 bits per heavy atom. The van der Waals surface area contributed by atoms with Crippen molar-refractivity contribution in [3.8, 4) is 11.8 Å². The zero-order chi connectivity index (χ0) is 10.4. The van der Waals surface area contributed by atoms with Crippen LogP contribution >= 0.6 is 0 Å². The lowest BCUT2D eigenvalue weighted by atomic mass is 9.89. The van der Waals surface area contributed by atoms with Crippen LogP contribution in [0.4, 0.5) is 0 Å². The SMILES string of the molecule is CCC(C#CC1CC[CH]CC1)N(C)C. The van der Waals surface area contributed by atoms with Gasteiger partial charge in [0.25, 0.3) is 0 Å². The molecule has 0 aromatic rings. The van der Waals surface area contributed by atoms with Crippen molar-refractivity contribution in [3.63, 3.8) is 0 Å². The summed E-state index contributed by atoms with van der Waals surface area (Å²) in [5, 5.41) is 0. The molecule has 0 saturated heterocycles. The minimum absolute atomic E-state index is 0.445. The van der Waals surface area contributed by atoms with E-state index in [0.717, 1.165) is 6.42 Å². The van der Waals surface area contributed by atoms with Crippen LogP contribution in [0.15, 0.2) is 0 Å². The molecule has 0 aliphatic heterocycles. The molecule has 0 amide bonds. The largest absolute Gasteiger partial charge is 0.296 e. The van der Waals surface area contributed by atoms with Crippen LogP contribution in [0, 0.1) is 24.2 Å². The number of hydrogen-bond acceptors (Lipinski definition) is 1. The molecular weight excluding hydrogens is 170 g/mol. The maximum atomic E-state index is 3.44. The molecule has 1 atom stereocenters. The van der Waals surface area contributed by atoms with Gasteiger partial charge < -0.3 is 0 Å². The van der Waals surface area contributed by atoms with Crippen LogP contribution in [-0.2, 0) is 0 Å². The summed E-state index contributed by atoms with van der Waals surface area (Å²) in [6.07, 6.45) is 8.59. The van der Waals surface area contributed by atoms with E-state index in [1.807, 2.05) is 0 Å². The van der Waals surface area contributed by atoms with Crippen LogP contribution < -0.4 is 0 Å². The third-order valence-electron chi connectivity index (χ3n) is 2.90. The van der Waals surface area contributed by atoms with Crippen LogP contribution in [0.2, 0.25) is 0 Å². The monoisotopic (exact) mass is 192 g/mol. The van der Waals surface area contributed by atoms with E-state index in [1.54, 1.807) is 0 Å². The molecule has 14 heavy (non-hydrogen) atoms. The first-order valence-corrected chi connectivity index (χ1v) is 5.73. The molecule has 0 aromatic carbocycles. The summed E-state index contributed by atoms with van der Waals surface area (Å²) in [6.45, 7) is 2.20. The minimum Gasteiger partial charge on any atom is -0.296 e. The summed E-state index contributed by atoms with van der Waals surface area (Å²) >= 11 is 0. The molecule has 0 aromatic heterocycles. The summed E-state index contributed by atoms with van der Waals surface area (Å²) in [5.74, 6) is 7.50. The van der Waals surface area contributed by atoms with E-state index in [2.05, 4.69) is 44.2 Å². The van der Waals surface area contributed by atoms with Gasteiger partial charge in [0, 0.05) is 5.92 Å². The fourth-order valence-corrected chi connectivity index (χ4v) is 1.88. The van der Waals surface area contributed by atoms with E-state index in [1.165, 1.54) is 25.7 Å². The van der Waals surface area contributed by atoms with Gasteiger partial charge in [-0.3, -0.25) is 4.90 Å². The van der Waals surface area contributed by atoms with Crippen molar-refractivity contribution in [2.45, 2.75) is 45.1 Å². The Morgan fingerprint density at radius 2 is 2.00 bits per heavy atom. The van der Waals surface area contributed by atoms with E-state index in [-0.39, 0.29) is 0 Å². The summed E-state index contributed by atoms with van der Waals surface area (Å²) in [4.78, 5) is 2.21. The molecule has 1 heteroatoms. The lowest BCUT2D eigenvalue weighted by Crippen LogP contribution is -2.25. The van der Waals surface area contributed by atoms with Crippen molar-refractivity contribution in [2.75, 3.05) is 14.1 Å². The summed E-state index contributed by atoms with van der Waals surface area (Å²) in [7, 11) is 4.22.